The lowest BCUT2D eigenvalue weighted by Gasteiger charge is -2.40. The van der Waals surface area contributed by atoms with Gasteiger partial charge in [-0.2, -0.15) is 0 Å². The predicted octanol–water partition coefficient (Wildman–Crippen LogP) is 3.57. The number of nitrogens with two attached hydrogens (primary N) is 1. The van der Waals surface area contributed by atoms with Gasteiger partial charge in [0.15, 0.2) is 5.17 Å². The standard InChI is InChI=1S/C15H18FN3O2S/c16-13-6-5-11(19(20)21)8-12(13)15-7-3-1-2-4-10(15)9-22-14(17)18-15/h5-6,8,10H,1-4,7,9H2,(H2,17,18). The Balaban J connectivity index is 2.17. The van der Waals surface area contributed by atoms with E-state index in [-0.39, 0.29) is 11.6 Å². The van der Waals surface area contributed by atoms with Gasteiger partial charge in [0.2, 0.25) is 0 Å². The van der Waals surface area contributed by atoms with E-state index < -0.39 is 16.3 Å². The van der Waals surface area contributed by atoms with Gasteiger partial charge < -0.3 is 5.73 Å². The van der Waals surface area contributed by atoms with E-state index in [2.05, 4.69) is 4.99 Å². The Bertz CT molecular complexity index is 637. The van der Waals surface area contributed by atoms with Crippen LogP contribution in [0.5, 0.6) is 0 Å². The summed E-state index contributed by atoms with van der Waals surface area (Å²) in [6.07, 6.45) is 4.73. The van der Waals surface area contributed by atoms with Gasteiger partial charge in [-0.1, -0.05) is 31.0 Å². The number of thioether (sulfide) groups is 1. The number of amidine groups is 1. The van der Waals surface area contributed by atoms with Crippen LogP contribution in [0.15, 0.2) is 23.2 Å². The van der Waals surface area contributed by atoms with Gasteiger partial charge in [-0.05, 0) is 24.8 Å². The maximum Gasteiger partial charge on any atom is 0.270 e. The van der Waals surface area contributed by atoms with Gasteiger partial charge >= 0.3 is 0 Å². The second kappa shape index (κ2) is 5.87. The Morgan fingerprint density at radius 1 is 1.41 bits per heavy atom. The number of aliphatic imine (C=N–C) groups is 1. The molecule has 1 aromatic carbocycles. The van der Waals surface area contributed by atoms with E-state index in [0.717, 1.165) is 31.4 Å². The van der Waals surface area contributed by atoms with Gasteiger partial charge in [-0.25, -0.2) is 4.39 Å². The third-order valence-electron chi connectivity index (χ3n) is 4.66. The van der Waals surface area contributed by atoms with Crippen molar-refractivity contribution in [2.45, 2.75) is 37.6 Å². The number of benzene rings is 1. The number of non-ortho nitro benzene ring substituents is 1. The molecule has 22 heavy (non-hydrogen) atoms. The minimum atomic E-state index is -0.748. The zero-order valence-corrected chi connectivity index (χ0v) is 12.9. The molecule has 0 amide bonds. The van der Waals surface area contributed by atoms with Gasteiger partial charge in [-0.15, -0.1) is 0 Å². The van der Waals surface area contributed by atoms with Crippen LogP contribution < -0.4 is 5.73 Å². The molecule has 2 aliphatic rings. The quantitative estimate of drug-likeness (QED) is 0.666. The van der Waals surface area contributed by atoms with E-state index in [1.807, 2.05) is 0 Å². The minimum absolute atomic E-state index is 0.0965. The van der Waals surface area contributed by atoms with E-state index in [1.165, 1.54) is 30.0 Å². The van der Waals surface area contributed by atoms with Crippen LogP contribution in [0.25, 0.3) is 0 Å². The molecule has 2 unspecified atom stereocenters. The van der Waals surface area contributed by atoms with Gasteiger partial charge in [0, 0.05) is 23.4 Å². The fourth-order valence-corrected chi connectivity index (χ4v) is 4.60. The SMILES string of the molecule is NC1=NC2(c3cc([N+](=O)[O-])ccc3F)CCCCCC2CS1. The zero-order chi connectivity index (χ0) is 15.7. The summed E-state index contributed by atoms with van der Waals surface area (Å²) in [5.41, 5.74) is 5.41. The Labute approximate surface area is 132 Å². The molecular formula is C15H18FN3O2S. The Hall–Kier alpha value is -1.63. The van der Waals surface area contributed by atoms with E-state index in [4.69, 9.17) is 5.73 Å². The average molecular weight is 323 g/mol. The molecule has 2 N–H and O–H groups in total. The van der Waals surface area contributed by atoms with E-state index in [0.29, 0.717) is 17.2 Å². The molecule has 0 saturated heterocycles. The molecule has 0 spiro atoms. The van der Waals surface area contributed by atoms with Gasteiger partial charge in [0.25, 0.3) is 5.69 Å². The van der Waals surface area contributed by atoms with Crippen molar-refractivity contribution in [3.63, 3.8) is 0 Å². The first-order valence-electron chi connectivity index (χ1n) is 7.45. The summed E-state index contributed by atoms with van der Waals surface area (Å²) >= 11 is 1.49. The smallest absolute Gasteiger partial charge is 0.270 e. The number of nitro groups is 1. The van der Waals surface area contributed by atoms with Crippen molar-refractivity contribution in [1.82, 2.24) is 0 Å². The molecule has 2 atom stereocenters. The van der Waals surface area contributed by atoms with E-state index in [9.17, 15) is 14.5 Å². The number of hydrogen-bond acceptors (Lipinski definition) is 5. The monoisotopic (exact) mass is 323 g/mol. The highest BCUT2D eigenvalue weighted by atomic mass is 32.2. The first kappa shape index (κ1) is 15.3. The van der Waals surface area contributed by atoms with Gasteiger partial charge in [0.1, 0.15) is 5.82 Å². The summed E-state index contributed by atoms with van der Waals surface area (Å²) < 4.78 is 14.5. The van der Waals surface area contributed by atoms with Crippen molar-refractivity contribution >= 4 is 22.6 Å². The highest BCUT2D eigenvalue weighted by Crippen LogP contribution is 2.49. The molecule has 7 heteroatoms. The van der Waals surface area contributed by atoms with Gasteiger partial charge in [0.05, 0.1) is 10.5 Å². The number of halogens is 1. The number of nitro benzene ring substituents is 1. The summed E-state index contributed by atoms with van der Waals surface area (Å²) in [7, 11) is 0. The lowest BCUT2D eigenvalue weighted by Crippen LogP contribution is -2.40. The van der Waals surface area contributed by atoms with Crippen molar-refractivity contribution in [1.29, 1.82) is 0 Å². The normalized spacial score (nSPS) is 28.4. The van der Waals surface area contributed by atoms with E-state index in [1.54, 1.807) is 0 Å². The minimum Gasteiger partial charge on any atom is -0.379 e. The third kappa shape index (κ3) is 2.58. The topological polar surface area (TPSA) is 81.5 Å². The van der Waals surface area contributed by atoms with Crippen LogP contribution in [-0.4, -0.2) is 15.8 Å². The fourth-order valence-electron chi connectivity index (χ4n) is 3.56. The van der Waals surface area contributed by atoms with Crippen LogP contribution in [0, 0.1) is 21.8 Å². The van der Waals surface area contributed by atoms with Crippen LogP contribution in [0.2, 0.25) is 0 Å². The second-order valence-corrected chi connectivity index (χ2v) is 6.94. The van der Waals surface area contributed by atoms with Crippen LogP contribution >= 0.6 is 11.8 Å². The van der Waals surface area contributed by atoms with Gasteiger partial charge in [-0.3, -0.25) is 15.1 Å². The molecule has 1 heterocycles. The summed E-state index contributed by atoms with van der Waals surface area (Å²) in [4.78, 5) is 15.2. The number of rotatable bonds is 2. The molecule has 0 bridgehead atoms. The molecule has 1 saturated carbocycles. The third-order valence-corrected chi connectivity index (χ3v) is 5.61. The zero-order valence-electron chi connectivity index (χ0n) is 12.1. The Morgan fingerprint density at radius 2 is 2.23 bits per heavy atom. The van der Waals surface area contributed by atoms with Crippen molar-refractivity contribution in [2.24, 2.45) is 16.6 Å². The van der Waals surface area contributed by atoms with Crippen LogP contribution in [0.1, 0.15) is 37.7 Å². The van der Waals surface area contributed by atoms with Crippen molar-refractivity contribution in [3.8, 4) is 0 Å². The van der Waals surface area contributed by atoms with Crippen LogP contribution in [0.4, 0.5) is 10.1 Å². The van der Waals surface area contributed by atoms with Crippen molar-refractivity contribution in [3.05, 3.63) is 39.7 Å². The summed E-state index contributed by atoms with van der Waals surface area (Å²) in [6.45, 7) is 0. The molecule has 5 nitrogen and oxygen atoms in total. The summed E-state index contributed by atoms with van der Waals surface area (Å²) in [5.74, 6) is 0.530. The maximum atomic E-state index is 14.5. The molecule has 1 aliphatic carbocycles. The summed E-state index contributed by atoms with van der Waals surface area (Å²) in [6, 6.07) is 3.73. The van der Waals surface area contributed by atoms with Crippen LogP contribution in [0.3, 0.4) is 0 Å². The molecule has 0 radical (unpaired) electrons. The first-order valence-corrected chi connectivity index (χ1v) is 8.44. The predicted molar refractivity (Wildman–Crippen MR) is 85.4 cm³/mol. The number of fused-ring (bicyclic) bond motifs is 1. The highest BCUT2D eigenvalue weighted by molar-refractivity contribution is 8.13. The number of hydrogen-bond donors (Lipinski definition) is 1. The molecule has 1 aromatic rings. The first-order chi connectivity index (χ1) is 10.5. The Kier molecular flexibility index (Phi) is 4.08. The lowest BCUT2D eigenvalue weighted by molar-refractivity contribution is -0.385. The lowest BCUT2D eigenvalue weighted by atomic mass is 9.75. The molecular weight excluding hydrogens is 305 g/mol. The maximum absolute atomic E-state index is 14.5. The van der Waals surface area contributed by atoms with Crippen LogP contribution in [-0.2, 0) is 5.54 Å². The molecule has 118 valence electrons. The number of nitrogens with zero attached hydrogens (tertiary/aromatic N) is 2. The molecule has 0 aromatic heterocycles. The average Bonchev–Trinajstić information content (AvgIpc) is 2.69. The van der Waals surface area contributed by atoms with E-state index >= 15 is 0 Å². The molecule has 1 aliphatic heterocycles. The highest BCUT2D eigenvalue weighted by Gasteiger charge is 2.45. The molecule has 3 rings (SSSR count). The summed E-state index contributed by atoms with van der Waals surface area (Å²) in [5, 5.41) is 11.5. The Morgan fingerprint density at radius 3 is 3.00 bits per heavy atom. The largest absolute Gasteiger partial charge is 0.379 e. The fraction of sp³-hybridized carbons (Fsp3) is 0.533. The van der Waals surface area contributed by atoms with Crippen molar-refractivity contribution < 1.29 is 9.31 Å². The second-order valence-electron chi connectivity index (χ2n) is 5.90. The van der Waals surface area contributed by atoms with Crippen molar-refractivity contribution in [2.75, 3.05) is 5.75 Å². The molecule has 1 fully saturated rings.